The molecule has 10 nitrogen and oxygen atoms in total. The summed E-state index contributed by atoms with van der Waals surface area (Å²) < 4.78 is 18.3. The van der Waals surface area contributed by atoms with E-state index in [0.717, 1.165) is 62.3 Å². The van der Waals surface area contributed by atoms with Crippen molar-refractivity contribution >= 4 is 40.3 Å². The van der Waals surface area contributed by atoms with Gasteiger partial charge >= 0.3 is 5.97 Å². The topological polar surface area (TPSA) is 143 Å². The summed E-state index contributed by atoms with van der Waals surface area (Å²) in [7, 11) is 0. The summed E-state index contributed by atoms with van der Waals surface area (Å²) in [6.45, 7) is 8.50. The Kier molecular flexibility index (Phi) is 17.3. The predicted octanol–water partition coefficient (Wildman–Crippen LogP) is 17.4. The number of carbonyl (C=O) groups is 3. The van der Waals surface area contributed by atoms with Gasteiger partial charge in [-0.25, -0.2) is 4.79 Å². The van der Waals surface area contributed by atoms with Gasteiger partial charge in [0.15, 0.2) is 23.0 Å². The molecular weight excluding hydrogens is 937 g/mol. The maximum Gasteiger partial charge on any atom is 0.340 e. The van der Waals surface area contributed by atoms with Crippen LogP contribution in [0.2, 0.25) is 0 Å². The number of esters is 1. The minimum absolute atomic E-state index is 0.0380. The summed E-state index contributed by atoms with van der Waals surface area (Å²) in [6.07, 6.45) is 20.1. The molecule has 0 radical (unpaired) electrons. The van der Waals surface area contributed by atoms with Crippen LogP contribution in [0.1, 0.15) is 201 Å². The Balaban J connectivity index is 1.10. The third-order valence-electron chi connectivity index (χ3n) is 16.0. The van der Waals surface area contributed by atoms with E-state index in [0.29, 0.717) is 29.0 Å². The monoisotopic (exact) mass is 1010 g/mol. The Bertz CT molecular complexity index is 2950. The maximum absolute atomic E-state index is 15.5. The number of carbonyl (C=O) groups excluding carboxylic acids is 3. The molecule has 9 rings (SSSR count). The molecule has 0 aliphatic heterocycles. The van der Waals surface area contributed by atoms with E-state index in [1.807, 2.05) is 48.5 Å². The minimum Gasteiger partial charge on any atom is -0.504 e. The van der Waals surface area contributed by atoms with Gasteiger partial charge in [-0.15, -0.1) is 0 Å². The second kappa shape index (κ2) is 24.5. The highest BCUT2D eigenvalue weighted by Gasteiger charge is 2.41. The molecule has 0 bridgehead atoms. The molecule has 6 aromatic rings. The third-order valence-corrected chi connectivity index (χ3v) is 16.0. The largest absolute Gasteiger partial charge is 0.504 e. The van der Waals surface area contributed by atoms with Crippen molar-refractivity contribution in [2.75, 3.05) is 17.2 Å². The van der Waals surface area contributed by atoms with Gasteiger partial charge in [-0.3, -0.25) is 9.59 Å². The number of anilines is 4. The normalized spacial score (nSPS) is 18.2. The number of para-hydroxylation sites is 1. The molecule has 0 spiro atoms. The fourth-order valence-corrected chi connectivity index (χ4v) is 11.7. The van der Waals surface area contributed by atoms with Gasteiger partial charge in [0, 0.05) is 17.8 Å². The zero-order chi connectivity index (χ0) is 52.4. The fraction of sp³-hybridized carbons (Fsp3) is 0.400. The van der Waals surface area contributed by atoms with Gasteiger partial charge in [0.05, 0.1) is 51.5 Å². The minimum atomic E-state index is -0.753. The second-order valence-corrected chi connectivity index (χ2v) is 21.1. The molecule has 6 aromatic carbocycles. The highest BCUT2D eigenvalue weighted by atomic mass is 16.5. The summed E-state index contributed by atoms with van der Waals surface area (Å²) in [6, 6.07) is 33.3. The molecule has 2 saturated carbocycles. The lowest BCUT2D eigenvalue weighted by Crippen LogP contribution is -2.24. The first-order chi connectivity index (χ1) is 36.6. The molecule has 2 fully saturated rings. The highest BCUT2D eigenvalue weighted by molar-refractivity contribution is 6.34. The molecule has 3 aliphatic carbocycles. The number of ketones is 2. The molecule has 75 heavy (non-hydrogen) atoms. The summed E-state index contributed by atoms with van der Waals surface area (Å²) in [5, 5.41) is 31.2. The quantitative estimate of drug-likeness (QED) is 0.0406. The third kappa shape index (κ3) is 12.1. The van der Waals surface area contributed by atoms with Crippen LogP contribution >= 0.6 is 0 Å². The zero-order valence-corrected chi connectivity index (χ0v) is 44.3. The van der Waals surface area contributed by atoms with Gasteiger partial charge in [-0.1, -0.05) is 114 Å². The zero-order valence-electron chi connectivity index (χ0n) is 44.3. The Morgan fingerprint density at radius 1 is 0.533 bits per heavy atom. The first-order valence-corrected chi connectivity index (χ1v) is 27.9. The average molecular weight is 1010 g/mol. The summed E-state index contributed by atoms with van der Waals surface area (Å²) in [5.41, 5.74) is 4.03. The van der Waals surface area contributed by atoms with Crippen molar-refractivity contribution in [3.63, 3.8) is 0 Å². The van der Waals surface area contributed by atoms with Crippen LogP contribution < -0.4 is 20.1 Å². The first kappa shape index (κ1) is 52.8. The van der Waals surface area contributed by atoms with Crippen LogP contribution in [0.25, 0.3) is 0 Å². The number of phenols is 2. The number of benzene rings is 6. The van der Waals surface area contributed by atoms with Crippen LogP contribution in [0, 0.1) is 11.8 Å². The molecule has 0 atom stereocenters. The number of aromatic hydroxyl groups is 2. The van der Waals surface area contributed by atoms with Crippen molar-refractivity contribution in [1.29, 1.82) is 0 Å². The highest BCUT2D eigenvalue weighted by Crippen LogP contribution is 2.51. The van der Waals surface area contributed by atoms with Crippen molar-refractivity contribution in [1.82, 2.24) is 0 Å². The van der Waals surface area contributed by atoms with Crippen LogP contribution in [0.15, 0.2) is 109 Å². The van der Waals surface area contributed by atoms with Crippen molar-refractivity contribution < 1.29 is 38.8 Å². The van der Waals surface area contributed by atoms with Crippen LogP contribution in [-0.4, -0.2) is 34.4 Å². The standard InChI is InChI=1S/C65H74N2O8/c1-5-9-14-41-19-25-44(26-20-41)46-29-35-49(36-30-46)74-55-39-53(66-48-33-23-43(24-34-48)16-11-7-3)57-59(61(55)68)64(71)58-54(67-52-18-13-12-17-51(52)65(72)73-8-4)40-56(62(69)60(58)63(57)70)75-50-37-31-47(32-38-50)45-27-21-42(22-28-45)15-10-6-2/h12-13,17-18,23-24,29-42,44-45,66-69H,5-11,14-16,19-22,25-28H2,1-4H3. The molecule has 0 amide bonds. The SMILES string of the molecule is CCCCc1ccc(Nc2cc(Oc3ccc(C4CCC(CCCC)CC4)cc3)c(O)c3c2C(=O)c2c(O)c(Oc4ccc(C5CCC(CCCC)CC5)cc4)cc(Nc4ccccc4C(=O)OCC)c2C3=O)cc1. The number of nitrogens with one attached hydrogen (secondary N) is 2. The van der Waals surface area contributed by atoms with Gasteiger partial charge in [0.25, 0.3) is 0 Å². The summed E-state index contributed by atoms with van der Waals surface area (Å²) >= 11 is 0. The number of rotatable bonds is 21. The summed E-state index contributed by atoms with van der Waals surface area (Å²) in [4.78, 5) is 44.2. The van der Waals surface area contributed by atoms with E-state index in [4.69, 9.17) is 14.2 Å². The number of fused-ring (bicyclic) bond motifs is 2. The van der Waals surface area contributed by atoms with Crippen molar-refractivity contribution in [2.45, 2.75) is 149 Å². The molecule has 3 aliphatic rings. The lowest BCUT2D eigenvalue weighted by atomic mass is 9.77. The van der Waals surface area contributed by atoms with Crippen LogP contribution in [0.5, 0.6) is 34.5 Å². The van der Waals surface area contributed by atoms with Gasteiger partial charge in [-0.2, -0.15) is 0 Å². The number of unbranched alkanes of at least 4 members (excludes halogenated alkanes) is 3. The smallest absolute Gasteiger partial charge is 0.340 e. The Morgan fingerprint density at radius 2 is 1.00 bits per heavy atom. The van der Waals surface area contributed by atoms with E-state index in [1.165, 1.54) is 87.5 Å². The molecule has 0 heterocycles. The van der Waals surface area contributed by atoms with E-state index < -0.39 is 29.0 Å². The summed E-state index contributed by atoms with van der Waals surface area (Å²) in [5.74, 6) is 0.0863. The van der Waals surface area contributed by atoms with Crippen molar-refractivity contribution in [3.8, 4) is 34.5 Å². The van der Waals surface area contributed by atoms with Gasteiger partial charge in [-0.05, 0) is 160 Å². The molecular formula is C65H74N2O8. The van der Waals surface area contributed by atoms with Crippen LogP contribution in [0.3, 0.4) is 0 Å². The van der Waals surface area contributed by atoms with Gasteiger partial charge in [0.1, 0.15) is 11.5 Å². The fourth-order valence-electron chi connectivity index (χ4n) is 11.7. The lowest BCUT2D eigenvalue weighted by molar-refractivity contribution is 0.0527. The molecule has 0 saturated heterocycles. The van der Waals surface area contributed by atoms with Gasteiger partial charge in [0.2, 0.25) is 11.6 Å². The van der Waals surface area contributed by atoms with E-state index in [2.05, 4.69) is 55.7 Å². The lowest BCUT2D eigenvalue weighted by Gasteiger charge is -2.29. The number of ether oxygens (including phenoxy) is 3. The van der Waals surface area contributed by atoms with E-state index in [9.17, 15) is 15.0 Å². The first-order valence-electron chi connectivity index (χ1n) is 27.9. The van der Waals surface area contributed by atoms with E-state index in [1.54, 1.807) is 31.2 Å². The molecule has 0 unspecified atom stereocenters. The number of phenolic OH excluding ortho intramolecular Hbond substituents is 2. The number of hydrogen-bond donors (Lipinski definition) is 4. The maximum atomic E-state index is 15.5. The van der Waals surface area contributed by atoms with Crippen molar-refractivity contribution in [2.24, 2.45) is 11.8 Å². The predicted molar refractivity (Wildman–Crippen MR) is 299 cm³/mol. The average Bonchev–Trinajstić information content (AvgIpc) is 3.43. The van der Waals surface area contributed by atoms with Crippen molar-refractivity contribution in [3.05, 3.63) is 154 Å². The second-order valence-electron chi connectivity index (χ2n) is 21.1. The molecule has 4 N–H and O–H groups in total. The van der Waals surface area contributed by atoms with Crippen LogP contribution in [-0.2, 0) is 11.2 Å². The van der Waals surface area contributed by atoms with E-state index >= 15 is 9.59 Å². The Hall–Kier alpha value is -7.07. The Labute approximate surface area is 443 Å². The Morgan fingerprint density at radius 3 is 1.47 bits per heavy atom. The molecule has 392 valence electrons. The van der Waals surface area contributed by atoms with Gasteiger partial charge < -0.3 is 35.1 Å². The molecule has 0 aromatic heterocycles. The number of hydrogen-bond acceptors (Lipinski definition) is 10. The van der Waals surface area contributed by atoms with Crippen LogP contribution in [0.4, 0.5) is 22.7 Å². The van der Waals surface area contributed by atoms with E-state index in [-0.39, 0.29) is 63.0 Å². The number of aryl methyl sites for hydroxylation is 1. The molecule has 10 heteroatoms.